The van der Waals surface area contributed by atoms with Crippen molar-refractivity contribution in [1.29, 1.82) is 0 Å². The highest BCUT2D eigenvalue weighted by Gasteiger charge is 2.33. The zero-order chi connectivity index (χ0) is 20.7. The van der Waals surface area contributed by atoms with Gasteiger partial charge < -0.3 is 15.0 Å². The van der Waals surface area contributed by atoms with Crippen molar-refractivity contribution in [3.63, 3.8) is 0 Å². The van der Waals surface area contributed by atoms with E-state index in [1.807, 2.05) is 30.3 Å². The van der Waals surface area contributed by atoms with E-state index < -0.39 is 18.9 Å². The van der Waals surface area contributed by atoms with Gasteiger partial charge in [-0.3, -0.25) is 4.79 Å². The van der Waals surface area contributed by atoms with Crippen LogP contribution < -0.4 is 5.32 Å². The number of piperidine rings is 1. The van der Waals surface area contributed by atoms with Crippen LogP contribution in [0.2, 0.25) is 0 Å². The zero-order valence-electron chi connectivity index (χ0n) is 16.2. The Morgan fingerprint density at radius 2 is 1.79 bits per heavy atom. The first kappa shape index (κ1) is 22.0. The second kappa shape index (κ2) is 9.80. The molecule has 0 bridgehead atoms. The maximum absolute atomic E-state index is 12.7. The maximum atomic E-state index is 12.7. The molecule has 5 nitrogen and oxygen atoms in total. The molecule has 1 saturated heterocycles. The number of nitrogens with one attached hydrogen (secondary N) is 1. The van der Waals surface area contributed by atoms with Crippen molar-refractivity contribution >= 4 is 12.0 Å². The van der Waals surface area contributed by atoms with Crippen LogP contribution in [0.3, 0.4) is 0 Å². The Kier molecular flexibility index (Phi) is 7.71. The molecule has 1 aliphatic rings. The Morgan fingerprint density at radius 3 is 2.32 bits per heavy atom. The van der Waals surface area contributed by atoms with E-state index in [9.17, 15) is 22.8 Å². The minimum absolute atomic E-state index is 0.0854. The second-order valence-corrected chi connectivity index (χ2v) is 7.53. The first-order chi connectivity index (χ1) is 13.2. The number of ether oxygens (including phenoxy) is 1. The van der Waals surface area contributed by atoms with Crippen LogP contribution in [-0.2, 0) is 9.53 Å². The average molecular weight is 400 g/mol. The normalized spacial score (nSPS) is 16.7. The number of carbonyl (C=O) groups is 2. The Morgan fingerprint density at radius 1 is 1.18 bits per heavy atom. The third-order valence-corrected chi connectivity index (χ3v) is 4.71. The number of amides is 2. The largest absolute Gasteiger partial charge is 0.440 e. The highest BCUT2D eigenvalue weighted by Crippen LogP contribution is 2.24. The average Bonchev–Trinajstić information content (AvgIpc) is 2.65. The quantitative estimate of drug-likeness (QED) is 0.775. The van der Waals surface area contributed by atoms with E-state index in [0.717, 1.165) is 12.0 Å². The monoisotopic (exact) mass is 400 g/mol. The molecule has 28 heavy (non-hydrogen) atoms. The number of hydrogen-bond acceptors (Lipinski definition) is 3. The SMILES string of the molecule is CC(C)C[C@@H](NC(=O)C1CCN(C(=O)OCC(F)(F)F)CC1)c1ccccc1. The highest BCUT2D eigenvalue weighted by atomic mass is 19.4. The zero-order valence-corrected chi connectivity index (χ0v) is 16.2. The van der Waals surface area contributed by atoms with E-state index in [1.54, 1.807) is 0 Å². The lowest BCUT2D eigenvalue weighted by Crippen LogP contribution is -2.44. The van der Waals surface area contributed by atoms with Gasteiger partial charge >= 0.3 is 12.3 Å². The maximum Gasteiger partial charge on any atom is 0.422 e. The minimum Gasteiger partial charge on any atom is -0.440 e. The molecular formula is C20H27F3N2O3. The number of carbonyl (C=O) groups excluding carboxylic acids is 2. The summed E-state index contributed by atoms with van der Waals surface area (Å²) in [6, 6.07) is 9.65. The van der Waals surface area contributed by atoms with Crippen LogP contribution in [0.5, 0.6) is 0 Å². The van der Waals surface area contributed by atoms with Gasteiger partial charge in [-0.05, 0) is 30.7 Å². The smallest absolute Gasteiger partial charge is 0.422 e. The van der Waals surface area contributed by atoms with Crippen LogP contribution in [0.25, 0.3) is 0 Å². The fourth-order valence-electron chi connectivity index (χ4n) is 3.28. The summed E-state index contributed by atoms with van der Waals surface area (Å²) in [5.41, 5.74) is 1.04. The third kappa shape index (κ3) is 7.05. The topological polar surface area (TPSA) is 58.6 Å². The molecule has 0 spiro atoms. The predicted molar refractivity (Wildman–Crippen MR) is 98.5 cm³/mol. The molecule has 156 valence electrons. The molecule has 1 atom stereocenters. The molecule has 2 rings (SSSR count). The molecule has 1 fully saturated rings. The molecule has 1 heterocycles. The van der Waals surface area contributed by atoms with Crippen molar-refractivity contribution in [2.45, 2.75) is 45.3 Å². The van der Waals surface area contributed by atoms with Gasteiger partial charge in [0.2, 0.25) is 5.91 Å². The molecule has 1 N–H and O–H groups in total. The fraction of sp³-hybridized carbons (Fsp3) is 0.600. The van der Waals surface area contributed by atoms with Crippen molar-refractivity contribution in [1.82, 2.24) is 10.2 Å². The molecular weight excluding hydrogens is 373 g/mol. The first-order valence-electron chi connectivity index (χ1n) is 9.49. The Balaban J connectivity index is 1.87. The van der Waals surface area contributed by atoms with Crippen molar-refractivity contribution in [2.75, 3.05) is 19.7 Å². The summed E-state index contributed by atoms with van der Waals surface area (Å²) in [5, 5.41) is 3.10. The van der Waals surface area contributed by atoms with Crippen molar-refractivity contribution in [3.05, 3.63) is 35.9 Å². The molecule has 2 amide bonds. The number of alkyl halides is 3. The number of rotatable bonds is 6. The molecule has 1 aromatic rings. The molecule has 0 aromatic heterocycles. The summed E-state index contributed by atoms with van der Waals surface area (Å²) in [6.07, 6.45) is -3.93. The van der Waals surface area contributed by atoms with Crippen LogP contribution in [0.1, 0.15) is 44.7 Å². The van der Waals surface area contributed by atoms with Gasteiger partial charge in [0.15, 0.2) is 6.61 Å². The fourth-order valence-corrected chi connectivity index (χ4v) is 3.28. The van der Waals surface area contributed by atoms with Crippen LogP contribution in [-0.4, -0.2) is 42.8 Å². The lowest BCUT2D eigenvalue weighted by molar-refractivity contribution is -0.162. The Hall–Kier alpha value is -2.25. The third-order valence-electron chi connectivity index (χ3n) is 4.71. The van der Waals surface area contributed by atoms with Crippen molar-refractivity contribution in [2.24, 2.45) is 11.8 Å². The van der Waals surface area contributed by atoms with E-state index in [1.165, 1.54) is 4.90 Å². The van der Waals surface area contributed by atoms with Gasteiger partial charge in [0.25, 0.3) is 0 Å². The molecule has 8 heteroatoms. The summed E-state index contributed by atoms with van der Waals surface area (Å²) >= 11 is 0. The van der Waals surface area contributed by atoms with Crippen LogP contribution in [0, 0.1) is 11.8 Å². The van der Waals surface area contributed by atoms with E-state index in [4.69, 9.17) is 0 Å². The van der Waals surface area contributed by atoms with E-state index in [2.05, 4.69) is 23.9 Å². The summed E-state index contributed by atoms with van der Waals surface area (Å²) in [4.78, 5) is 25.6. The standard InChI is InChI=1S/C20H27F3N2O3/c1-14(2)12-17(15-6-4-3-5-7-15)24-18(26)16-8-10-25(11-9-16)19(27)28-13-20(21,22)23/h3-7,14,16-17H,8-13H2,1-2H3,(H,24,26)/t17-/m1/s1. The molecule has 0 aliphatic carbocycles. The van der Waals surface area contributed by atoms with Gasteiger partial charge in [-0.1, -0.05) is 44.2 Å². The number of halogens is 3. The number of likely N-dealkylation sites (tertiary alicyclic amines) is 1. The minimum atomic E-state index is -4.54. The van der Waals surface area contributed by atoms with Gasteiger partial charge in [0.05, 0.1) is 6.04 Å². The molecule has 0 radical (unpaired) electrons. The summed E-state index contributed by atoms with van der Waals surface area (Å²) in [6.45, 7) is 2.99. The van der Waals surface area contributed by atoms with Gasteiger partial charge in [-0.2, -0.15) is 13.2 Å². The van der Waals surface area contributed by atoms with Crippen molar-refractivity contribution < 1.29 is 27.5 Å². The van der Waals surface area contributed by atoms with E-state index >= 15 is 0 Å². The summed E-state index contributed by atoms with van der Waals surface area (Å²) < 4.78 is 40.7. The Labute approximate surface area is 163 Å². The number of benzene rings is 1. The number of nitrogens with zero attached hydrogens (tertiary/aromatic N) is 1. The van der Waals surface area contributed by atoms with Crippen LogP contribution in [0.15, 0.2) is 30.3 Å². The molecule has 0 unspecified atom stereocenters. The van der Waals surface area contributed by atoms with Crippen LogP contribution >= 0.6 is 0 Å². The number of hydrogen-bond donors (Lipinski definition) is 1. The second-order valence-electron chi connectivity index (χ2n) is 7.53. The predicted octanol–water partition coefficient (Wildman–Crippen LogP) is 4.30. The van der Waals surface area contributed by atoms with Gasteiger partial charge in [0.1, 0.15) is 0 Å². The molecule has 1 aliphatic heterocycles. The van der Waals surface area contributed by atoms with Crippen LogP contribution in [0.4, 0.5) is 18.0 Å². The van der Waals surface area contributed by atoms with Gasteiger partial charge in [-0.15, -0.1) is 0 Å². The first-order valence-corrected chi connectivity index (χ1v) is 9.49. The Bertz CT molecular complexity index is 642. The molecule has 0 saturated carbocycles. The van der Waals surface area contributed by atoms with E-state index in [0.29, 0.717) is 18.8 Å². The summed E-state index contributed by atoms with van der Waals surface area (Å²) in [5.74, 6) is 0.0404. The summed E-state index contributed by atoms with van der Waals surface area (Å²) in [7, 11) is 0. The van der Waals surface area contributed by atoms with E-state index in [-0.39, 0.29) is 31.0 Å². The molecule has 1 aromatic carbocycles. The lowest BCUT2D eigenvalue weighted by atomic mass is 9.93. The lowest BCUT2D eigenvalue weighted by Gasteiger charge is -2.32. The highest BCUT2D eigenvalue weighted by molar-refractivity contribution is 5.79. The van der Waals surface area contributed by atoms with Gasteiger partial charge in [0, 0.05) is 19.0 Å². The van der Waals surface area contributed by atoms with Gasteiger partial charge in [-0.25, -0.2) is 4.79 Å². The van der Waals surface area contributed by atoms with Crippen molar-refractivity contribution in [3.8, 4) is 0 Å².